The van der Waals surface area contributed by atoms with Crippen molar-refractivity contribution >= 4 is 17.4 Å². The molecule has 3 N–H and O–H groups in total. The van der Waals surface area contributed by atoms with Crippen molar-refractivity contribution < 1.29 is 8.91 Å². The molecular weight excluding hydrogens is 309 g/mol. The molecule has 1 aromatic carbocycles. The van der Waals surface area contributed by atoms with Crippen molar-refractivity contribution in [3.63, 3.8) is 0 Å². The van der Waals surface area contributed by atoms with E-state index in [9.17, 15) is 4.39 Å². The largest absolute Gasteiger partial charge is 0.382 e. The molecule has 3 rings (SSSR count). The van der Waals surface area contributed by atoms with Crippen LogP contribution < -0.4 is 5.73 Å². The topological polar surface area (TPSA) is 93.7 Å². The van der Waals surface area contributed by atoms with Crippen LogP contribution in [-0.2, 0) is 6.54 Å². The number of rotatable bonds is 4. The number of aromatic nitrogens is 3. The fourth-order valence-corrected chi connectivity index (χ4v) is 2.25. The van der Waals surface area contributed by atoms with Crippen LogP contribution in [0.3, 0.4) is 0 Å². The first kappa shape index (κ1) is 14.3. The van der Waals surface area contributed by atoms with E-state index in [0.29, 0.717) is 17.0 Å². The summed E-state index contributed by atoms with van der Waals surface area (Å²) in [6.45, 7) is 0.127. The summed E-state index contributed by atoms with van der Waals surface area (Å²) < 4.78 is 20.4. The molecule has 0 spiro atoms. The van der Waals surface area contributed by atoms with Crippen molar-refractivity contribution in [3.05, 3.63) is 58.7 Å². The highest BCUT2D eigenvalue weighted by molar-refractivity contribution is 6.30. The van der Waals surface area contributed by atoms with Gasteiger partial charge < -0.3 is 10.3 Å². The minimum Gasteiger partial charge on any atom is -0.382 e. The van der Waals surface area contributed by atoms with E-state index in [1.165, 1.54) is 17.0 Å². The molecule has 0 aliphatic heterocycles. The van der Waals surface area contributed by atoms with Gasteiger partial charge >= 0.3 is 0 Å². The summed E-state index contributed by atoms with van der Waals surface area (Å²) in [4.78, 5) is 0. The number of amidine groups is 1. The highest BCUT2D eigenvalue weighted by Crippen LogP contribution is 2.23. The fraction of sp³-hybridized carbons (Fsp3) is 0.0714. The molecule has 3 aromatic rings. The zero-order valence-electron chi connectivity index (χ0n) is 11.3. The van der Waals surface area contributed by atoms with Gasteiger partial charge in [-0.1, -0.05) is 28.9 Å². The van der Waals surface area contributed by atoms with Crippen molar-refractivity contribution in [3.8, 4) is 11.4 Å². The SMILES string of the molecule is N=C(N)c1cc(-c2ccon2)n(Cc2cccc(Cl)c2F)n1. The van der Waals surface area contributed by atoms with Crippen LogP contribution in [0.15, 0.2) is 41.1 Å². The molecule has 0 fully saturated rings. The Morgan fingerprint density at radius 3 is 2.91 bits per heavy atom. The summed E-state index contributed by atoms with van der Waals surface area (Å²) in [5, 5.41) is 15.6. The monoisotopic (exact) mass is 319 g/mol. The molecule has 0 aliphatic rings. The normalized spacial score (nSPS) is 10.8. The zero-order valence-corrected chi connectivity index (χ0v) is 12.0. The molecule has 0 aliphatic carbocycles. The summed E-state index contributed by atoms with van der Waals surface area (Å²) in [6, 6.07) is 7.99. The van der Waals surface area contributed by atoms with Gasteiger partial charge in [-0.15, -0.1) is 0 Å². The molecule has 0 unspecified atom stereocenters. The van der Waals surface area contributed by atoms with Gasteiger partial charge in [-0.25, -0.2) is 4.39 Å². The number of hydrogen-bond acceptors (Lipinski definition) is 4. The van der Waals surface area contributed by atoms with Crippen LogP contribution in [0.25, 0.3) is 11.4 Å². The highest BCUT2D eigenvalue weighted by Gasteiger charge is 2.16. The van der Waals surface area contributed by atoms with E-state index in [-0.39, 0.29) is 23.1 Å². The van der Waals surface area contributed by atoms with Crippen LogP contribution in [0.5, 0.6) is 0 Å². The number of nitrogens with zero attached hydrogens (tertiary/aromatic N) is 3. The third-order valence-electron chi connectivity index (χ3n) is 3.11. The first-order valence-corrected chi connectivity index (χ1v) is 6.70. The molecular formula is C14H11ClFN5O. The molecule has 0 saturated heterocycles. The van der Waals surface area contributed by atoms with Gasteiger partial charge in [-0.3, -0.25) is 10.1 Å². The van der Waals surface area contributed by atoms with E-state index >= 15 is 0 Å². The highest BCUT2D eigenvalue weighted by atomic mass is 35.5. The number of benzene rings is 1. The van der Waals surface area contributed by atoms with Crippen molar-refractivity contribution in [2.75, 3.05) is 0 Å². The third kappa shape index (κ3) is 2.58. The average Bonchev–Trinajstić information content (AvgIpc) is 3.12. The van der Waals surface area contributed by atoms with E-state index in [4.69, 9.17) is 27.3 Å². The molecule has 6 nitrogen and oxygen atoms in total. The summed E-state index contributed by atoms with van der Waals surface area (Å²) in [6.07, 6.45) is 1.42. The van der Waals surface area contributed by atoms with Gasteiger partial charge in [0.2, 0.25) is 0 Å². The second-order valence-electron chi connectivity index (χ2n) is 4.58. The molecule has 2 heterocycles. The average molecular weight is 320 g/mol. The van der Waals surface area contributed by atoms with Crippen LogP contribution in [0, 0.1) is 11.2 Å². The van der Waals surface area contributed by atoms with Gasteiger partial charge in [0.05, 0.1) is 17.3 Å². The third-order valence-corrected chi connectivity index (χ3v) is 3.40. The lowest BCUT2D eigenvalue weighted by Gasteiger charge is -2.07. The van der Waals surface area contributed by atoms with Crippen molar-refractivity contribution in [1.29, 1.82) is 5.41 Å². The number of nitrogens with two attached hydrogens (primary N) is 1. The predicted octanol–water partition coefficient (Wildman–Crippen LogP) is 2.66. The first-order chi connectivity index (χ1) is 10.6. The Morgan fingerprint density at radius 1 is 1.41 bits per heavy atom. The lowest BCUT2D eigenvalue weighted by atomic mass is 10.2. The Kier molecular flexibility index (Phi) is 3.64. The van der Waals surface area contributed by atoms with E-state index < -0.39 is 5.82 Å². The Bertz CT molecular complexity index is 828. The summed E-state index contributed by atoms with van der Waals surface area (Å²) in [5.74, 6) is -0.690. The smallest absolute Gasteiger partial charge is 0.146 e. The maximum atomic E-state index is 14.1. The van der Waals surface area contributed by atoms with E-state index in [1.54, 1.807) is 24.3 Å². The summed E-state index contributed by atoms with van der Waals surface area (Å²) in [7, 11) is 0. The van der Waals surface area contributed by atoms with Gasteiger partial charge in [0, 0.05) is 11.6 Å². The molecule has 2 aromatic heterocycles. The Labute approximate surface area is 129 Å². The Hall–Kier alpha value is -2.67. The van der Waals surface area contributed by atoms with E-state index in [0.717, 1.165) is 0 Å². The lowest BCUT2D eigenvalue weighted by molar-refractivity contribution is 0.421. The van der Waals surface area contributed by atoms with E-state index in [1.807, 2.05) is 0 Å². The van der Waals surface area contributed by atoms with Gasteiger partial charge in [0.1, 0.15) is 29.3 Å². The molecule has 112 valence electrons. The van der Waals surface area contributed by atoms with Gasteiger partial charge in [0.25, 0.3) is 0 Å². The second kappa shape index (κ2) is 5.61. The fourth-order valence-electron chi connectivity index (χ4n) is 2.05. The van der Waals surface area contributed by atoms with Crippen LogP contribution in [0.1, 0.15) is 11.3 Å². The van der Waals surface area contributed by atoms with Crippen molar-refractivity contribution in [2.45, 2.75) is 6.54 Å². The standard InChI is InChI=1S/C14H11ClFN5O/c15-9-3-1-2-8(13(9)16)7-21-12(10-4-5-22-20-10)6-11(19-21)14(17)18/h1-6H,7H2,(H3,17,18). The molecule has 0 bridgehead atoms. The first-order valence-electron chi connectivity index (χ1n) is 6.32. The van der Waals surface area contributed by atoms with E-state index in [2.05, 4.69) is 10.3 Å². The summed E-state index contributed by atoms with van der Waals surface area (Å²) >= 11 is 5.79. The lowest BCUT2D eigenvalue weighted by Crippen LogP contribution is -2.13. The molecule has 0 amide bonds. The number of nitrogen functional groups attached to an aromatic ring is 1. The van der Waals surface area contributed by atoms with Crippen LogP contribution >= 0.6 is 11.6 Å². The number of hydrogen-bond donors (Lipinski definition) is 2. The molecule has 8 heteroatoms. The zero-order chi connectivity index (χ0) is 15.7. The maximum Gasteiger partial charge on any atom is 0.146 e. The molecule has 0 atom stereocenters. The van der Waals surface area contributed by atoms with Gasteiger partial charge in [-0.2, -0.15) is 5.10 Å². The van der Waals surface area contributed by atoms with Crippen molar-refractivity contribution in [2.24, 2.45) is 5.73 Å². The minimum atomic E-state index is -0.504. The van der Waals surface area contributed by atoms with Gasteiger partial charge in [-0.05, 0) is 12.1 Å². The Balaban J connectivity index is 2.06. The van der Waals surface area contributed by atoms with Crippen LogP contribution in [0.2, 0.25) is 5.02 Å². The molecule has 0 radical (unpaired) electrons. The number of halogens is 2. The maximum absolute atomic E-state index is 14.1. The van der Waals surface area contributed by atoms with Crippen LogP contribution in [-0.4, -0.2) is 20.8 Å². The quantitative estimate of drug-likeness (QED) is 0.571. The molecule has 22 heavy (non-hydrogen) atoms. The predicted molar refractivity (Wildman–Crippen MR) is 79.3 cm³/mol. The van der Waals surface area contributed by atoms with Crippen molar-refractivity contribution in [1.82, 2.24) is 14.9 Å². The second-order valence-corrected chi connectivity index (χ2v) is 4.99. The molecule has 0 saturated carbocycles. The minimum absolute atomic E-state index is 0.0411. The Morgan fingerprint density at radius 2 is 2.23 bits per heavy atom. The number of nitrogens with one attached hydrogen (secondary N) is 1. The summed E-state index contributed by atoms with van der Waals surface area (Å²) in [5.41, 5.74) is 7.20. The van der Waals surface area contributed by atoms with Crippen LogP contribution in [0.4, 0.5) is 4.39 Å². The van der Waals surface area contributed by atoms with Gasteiger partial charge in [0.15, 0.2) is 0 Å².